The number of aliphatic hydroxyl groups excluding tert-OH is 1. The van der Waals surface area contributed by atoms with Crippen LogP contribution in [0.25, 0.3) is 0 Å². The largest absolute Gasteiger partial charge is 0.469 e. The van der Waals surface area contributed by atoms with Crippen molar-refractivity contribution < 1.29 is 19.0 Å². The highest BCUT2D eigenvalue weighted by Gasteiger charge is 2.26. The molecule has 21 heavy (non-hydrogen) atoms. The Kier molecular flexibility index (Phi) is 5.70. The fourth-order valence-electron chi connectivity index (χ4n) is 2.82. The van der Waals surface area contributed by atoms with Gasteiger partial charge >= 0.3 is 5.97 Å². The van der Waals surface area contributed by atoms with Gasteiger partial charge in [0, 0.05) is 18.2 Å². The summed E-state index contributed by atoms with van der Waals surface area (Å²) < 4.78 is 18.1. The monoisotopic (exact) mass is 295 g/mol. The predicted octanol–water partition coefficient (Wildman–Crippen LogP) is 2.14. The van der Waals surface area contributed by atoms with E-state index in [4.69, 9.17) is 9.84 Å². The minimum Gasteiger partial charge on any atom is -0.469 e. The summed E-state index contributed by atoms with van der Waals surface area (Å²) in [5, 5.41) is 12.5. The molecule has 2 N–H and O–H groups in total. The number of methoxy groups -OCH3 is 1. The van der Waals surface area contributed by atoms with E-state index in [1.54, 1.807) is 12.1 Å². The lowest BCUT2D eigenvalue weighted by Gasteiger charge is -2.27. The van der Waals surface area contributed by atoms with Gasteiger partial charge < -0.3 is 15.2 Å². The summed E-state index contributed by atoms with van der Waals surface area (Å²) in [7, 11) is 1.43. The van der Waals surface area contributed by atoms with E-state index in [0.717, 1.165) is 31.2 Å². The summed E-state index contributed by atoms with van der Waals surface area (Å²) in [5.41, 5.74) is 1.28. The number of carbonyl (C=O) groups excluding carboxylic acids is 1. The van der Waals surface area contributed by atoms with Gasteiger partial charge in [0.05, 0.1) is 19.6 Å². The Hall–Kier alpha value is -1.46. The first-order valence-electron chi connectivity index (χ1n) is 7.33. The molecule has 0 aromatic heterocycles. The first-order chi connectivity index (χ1) is 10.1. The summed E-state index contributed by atoms with van der Waals surface area (Å²) in [4.78, 5) is 11.5. The molecule has 116 valence electrons. The summed E-state index contributed by atoms with van der Waals surface area (Å²) in [6, 6.07) is 5.16. The van der Waals surface area contributed by atoms with Crippen molar-refractivity contribution in [3.63, 3.8) is 0 Å². The van der Waals surface area contributed by atoms with Gasteiger partial charge in [0.2, 0.25) is 0 Å². The van der Waals surface area contributed by atoms with Crippen LogP contribution in [0.15, 0.2) is 18.2 Å². The SMILES string of the molecule is COC(=O)C1CCC(NCc2ccc(F)c(CO)c2)CC1. The Morgan fingerprint density at radius 2 is 2.10 bits per heavy atom. The van der Waals surface area contributed by atoms with Crippen LogP contribution in [0.3, 0.4) is 0 Å². The lowest BCUT2D eigenvalue weighted by Crippen LogP contribution is -2.34. The Labute approximate surface area is 124 Å². The van der Waals surface area contributed by atoms with Gasteiger partial charge in [-0.05, 0) is 43.4 Å². The van der Waals surface area contributed by atoms with Gasteiger partial charge in [0.15, 0.2) is 0 Å². The zero-order valence-corrected chi connectivity index (χ0v) is 12.3. The third-order valence-corrected chi connectivity index (χ3v) is 4.14. The topological polar surface area (TPSA) is 58.6 Å². The second-order valence-electron chi connectivity index (χ2n) is 5.54. The molecule has 1 aromatic rings. The molecule has 1 aliphatic carbocycles. The fourth-order valence-corrected chi connectivity index (χ4v) is 2.82. The molecule has 1 aliphatic rings. The Morgan fingerprint density at radius 1 is 1.38 bits per heavy atom. The molecule has 4 nitrogen and oxygen atoms in total. The maximum Gasteiger partial charge on any atom is 0.308 e. The van der Waals surface area contributed by atoms with Gasteiger partial charge in [0.1, 0.15) is 5.82 Å². The number of carbonyl (C=O) groups is 1. The maximum atomic E-state index is 13.3. The molecule has 2 rings (SSSR count). The Balaban J connectivity index is 1.81. The highest BCUT2D eigenvalue weighted by Crippen LogP contribution is 2.25. The average molecular weight is 295 g/mol. The highest BCUT2D eigenvalue weighted by atomic mass is 19.1. The number of rotatable bonds is 5. The van der Waals surface area contributed by atoms with Crippen molar-refractivity contribution in [2.45, 2.75) is 44.9 Å². The molecule has 1 fully saturated rings. The van der Waals surface area contributed by atoms with Crippen molar-refractivity contribution in [1.82, 2.24) is 5.32 Å². The van der Waals surface area contributed by atoms with Crippen molar-refractivity contribution >= 4 is 5.97 Å². The highest BCUT2D eigenvalue weighted by molar-refractivity contribution is 5.72. The molecule has 0 unspecified atom stereocenters. The molecule has 1 saturated carbocycles. The van der Waals surface area contributed by atoms with Crippen molar-refractivity contribution in [3.05, 3.63) is 35.1 Å². The smallest absolute Gasteiger partial charge is 0.308 e. The van der Waals surface area contributed by atoms with E-state index < -0.39 is 0 Å². The molecule has 0 bridgehead atoms. The number of ether oxygens (including phenoxy) is 1. The van der Waals surface area contributed by atoms with E-state index in [2.05, 4.69) is 5.32 Å². The van der Waals surface area contributed by atoms with Crippen molar-refractivity contribution in [2.24, 2.45) is 5.92 Å². The number of benzene rings is 1. The Bertz CT molecular complexity index is 484. The number of hydrogen-bond acceptors (Lipinski definition) is 4. The maximum absolute atomic E-state index is 13.3. The van der Waals surface area contributed by atoms with Gasteiger partial charge in [-0.3, -0.25) is 4.79 Å². The lowest BCUT2D eigenvalue weighted by atomic mass is 9.86. The number of nitrogens with one attached hydrogen (secondary N) is 1. The third-order valence-electron chi connectivity index (χ3n) is 4.14. The van der Waals surface area contributed by atoms with Crippen LogP contribution in [0.5, 0.6) is 0 Å². The van der Waals surface area contributed by atoms with Crippen LogP contribution in [-0.4, -0.2) is 24.2 Å². The number of aliphatic hydroxyl groups is 1. The standard InChI is InChI=1S/C16H22FNO3/c1-21-16(20)12-3-5-14(6-4-12)18-9-11-2-7-15(17)13(8-11)10-19/h2,7-8,12,14,18-19H,3-6,9-10H2,1H3. The quantitative estimate of drug-likeness (QED) is 0.817. The van der Waals surface area contributed by atoms with E-state index in [0.29, 0.717) is 18.2 Å². The molecule has 1 aromatic carbocycles. The van der Waals surface area contributed by atoms with Gasteiger partial charge in [0.25, 0.3) is 0 Å². The van der Waals surface area contributed by atoms with Crippen molar-refractivity contribution in [2.75, 3.05) is 7.11 Å². The summed E-state index contributed by atoms with van der Waals surface area (Å²) in [6.45, 7) is 0.352. The predicted molar refractivity (Wildman–Crippen MR) is 76.9 cm³/mol. The van der Waals surface area contributed by atoms with Crippen molar-refractivity contribution in [1.29, 1.82) is 0 Å². The normalized spacial score (nSPS) is 22.0. The minimum atomic E-state index is -0.375. The van der Waals surface area contributed by atoms with Crippen LogP contribution >= 0.6 is 0 Å². The van der Waals surface area contributed by atoms with Crippen LogP contribution in [0, 0.1) is 11.7 Å². The van der Waals surface area contributed by atoms with E-state index in [-0.39, 0.29) is 24.3 Å². The fraction of sp³-hybridized carbons (Fsp3) is 0.562. The molecule has 0 atom stereocenters. The third kappa shape index (κ3) is 4.25. The lowest BCUT2D eigenvalue weighted by molar-refractivity contribution is -0.146. The van der Waals surface area contributed by atoms with Gasteiger partial charge in [-0.15, -0.1) is 0 Å². The minimum absolute atomic E-state index is 0.0277. The summed E-state index contributed by atoms with van der Waals surface area (Å²) in [5.74, 6) is -0.459. The molecular weight excluding hydrogens is 273 g/mol. The van der Waals surface area contributed by atoms with Crippen LogP contribution in [-0.2, 0) is 22.7 Å². The molecule has 0 heterocycles. The molecule has 0 aliphatic heterocycles. The van der Waals surface area contributed by atoms with Crippen LogP contribution in [0.2, 0.25) is 0 Å². The summed E-state index contributed by atoms with van der Waals surface area (Å²) >= 11 is 0. The molecule has 0 radical (unpaired) electrons. The zero-order valence-electron chi connectivity index (χ0n) is 12.3. The van der Waals surface area contributed by atoms with Gasteiger partial charge in [-0.25, -0.2) is 4.39 Å². The number of halogens is 1. The van der Waals surface area contributed by atoms with E-state index in [9.17, 15) is 9.18 Å². The number of esters is 1. The first-order valence-corrected chi connectivity index (χ1v) is 7.33. The van der Waals surface area contributed by atoms with Gasteiger partial charge in [-0.1, -0.05) is 6.07 Å². The molecule has 5 heteroatoms. The van der Waals surface area contributed by atoms with E-state index in [1.165, 1.54) is 13.2 Å². The van der Waals surface area contributed by atoms with Crippen molar-refractivity contribution in [3.8, 4) is 0 Å². The number of hydrogen-bond donors (Lipinski definition) is 2. The van der Waals surface area contributed by atoms with Crippen LogP contribution < -0.4 is 5.32 Å². The molecule has 0 amide bonds. The van der Waals surface area contributed by atoms with E-state index >= 15 is 0 Å². The molecular formula is C16H22FNO3. The first kappa shape index (κ1) is 15.9. The van der Waals surface area contributed by atoms with E-state index in [1.807, 2.05) is 0 Å². The van der Waals surface area contributed by atoms with Crippen LogP contribution in [0.1, 0.15) is 36.8 Å². The summed E-state index contributed by atoms with van der Waals surface area (Å²) in [6.07, 6.45) is 3.56. The average Bonchev–Trinajstić information content (AvgIpc) is 2.53. The molecule has 0 spiro atoms. The van der Waals surface area contributed by atoms with Gasteiger partial charge in [-0.2, -0.15) is 0 Å². The zero-order chi connectivity index (χ0) is 15.2. The second kappa shape index (κ2) is 7.52. The second-order valence-corrected chi connectivity index (χ2v) is 5.54. The Morgan fingerprint density at radius 3 is 2.71 bits per heavy atom. The van der Waals surface area contributed by atoms with Crippen LogP contribution in [0.4, 0.5) is 4.39 Å². The molecule has 0 saturated heterocycles.